The zero-order valence-corrected chi connectivity index (χ0v) is 47.1. The lowest BCUT2D eigenvalue weighted by atomic mass is 9.96. The average molecular weight is 1190 g/mol. The first-order valence-corrected chi connectivity index (χ1v) is 26.2. The second-order valence-corrected chi connectivity index (χ2v) is 19.0. The lowest BCUT2D eigenvalue weighted by Crippen LogP contribution is -2.42. The fourth-order valence-corrected chi connectivity index (χ4v) is 8.02. The second kappa shape index (κ2) is 37.3. The third-order valence-corrected chi connectivity index (χ3v) is 12.5. The number of aliphatic carboxylic acids is 6. The van der Waals surface area contributed by atoms with Gasteiger partial charge in [-0.2, -0.15) is 26.3 Å². The molecule has 0 aliphatic carbocycles. The number of carboxylic acids is 6. The van der Waals surface area contributed by atoms with E-state index in [9.17, 15) is 55.1 Å². The molecule has 0 fully saturated rings. The molecule has 0 radical (unpaired) electrons. The Kier molecular flexibility index (Phi) is 34.1. The summed E-state index contributed by atoms with van der Waals surface area (Å²) in [5, 5.41) is 67.6. The molecule has 0 bridgehead atoms. The molecule has 4 unspecified atom stereocenters. The van der Waals surface area contributed by atoms with Crippen molar-refractivity contribution in [3.63, 3.8) is 0 Å². The first kappa shape index (κ1) is 76.0. The summed E-state index contributed by atoms with van der Waals surface area (Å²) >= 11 is 0. The predicted octanol–water partition coefficient (Wildman–Crippen LogP) is 9.32. The number of carbonyl (C=O) groups is 6. The minimum absolute atomic E-state index is 0. The Labute approximate surface area is 478 Å². The Hall–Kier alpha value is -7.00. The zero-order valence-electron chi connectivity index (χ0n) is 47.1. The van der Waals surface area contributed by atoms with Crippen LogP contribution >= 0.6 is 0 Å². The number of hydrogen-bond acceptors (Lipinski definition) is 12. The summed E-state index contributed by atoms with van der Waals surface area (Å²) in [6.07, 6.45) is -10.8. The molecule has 464 valence electrons. The molecule has 4 aromatic carbocycles. The molecular formula is C58H78F6N2O17. The molecule has 19 nitrogen and oxygen atoms in total. The highest BCUT2D eigenvalue weighted by Crippen LogP contribution is 2.36. The van der Waals surface area contributed by atoms with Gasteiger partial charge in [0, 0.05) is 0 Å². The molecule has 4 rings (SSSR count). The van der Waals surface area contributed by atoms with Crippen LogP contribution in [0.3, 0.4) is 0 Å². The summed E-state index contributed by atoms with van der Waals surface area (Å²) in [5.74, 6) is -10.0. The van der Waals surface area contributed by atoms with Crippen LogP contribution in [-0.4, -0.2) is 155 Å². The number of hydrogen-bond donors (Lipinski definition) is 8. The van der Waals surface area contributed by atoms with Crippen molar-refractivity contribution in [2.45, 2.75) is 141 Å². The number of benzene rings is 4. The van der Waals surface area contributed by atoms with E-state index in [1.807, 2.05) is 74.5 Å². The molecular weight excluding hydrogens is 1110 g/mol. The third-order valence-electron chi connectivity index (χ3n) is 12.5. The number of alkyl halides is 6. The van der Waals surface area contributed by atoms with E-state index in [0.29, 0.717) is 11.1 Å². The maximum atomic E-state index is 13.2. The average Bonchev–Trinajstić information content (AvgIpc) is 3.48. The van der Waals surface area contributed by atoms with Gasteiger partial charge in [-0.25, -0.2) is 9.59 Å². The Morgan fingerprint density at radius 3 is 0.940 bits per heavy atom. The van der Waals surface area contributed by atoms with Crippen LogP contribution in [0.1, 0.15) is 138 Å². The standard InChI is InChI=1S/2C23H30F3NO.2C6H8O7.H2O/c2*1-4-27(5-2)16-10-11-18(3)28-22(19-12-7-6-8-13-19)20-14-9-15-21(17-20)23(24,25)26;2*7-3(8)1-6(13,5(11)12)2-4(9)10;/h2*6-9,12-15,17-18,22H,4-5,10-11,16H2,1-3H3;2*13H,1-2H2,(H,7,8)(H,9,10)(H,11,12);1H2. The molecule has 0 amide bonds. The molecule has 0 aromatic heterocycles. The predicted molar refractivity (Wildman–Crippen MR) is 292 cm³/mol. The van der Waals surface area contributed by atoms with E-state index in [1.54, 1.807) is 12.1 Å². The topological polar surface area (TPSA) is 321 Å². The highest BCUT2D eigenvalue weighted by atomic mass is 19.4. The van der Waals surface area contributed by atoms with Crippen LogP contribution in [0.4, 0.5) is 26.3 Å². The van der Waals surface area contributed by atoms with Gasteiger partial charge in [-0.15, -0.1) is 0 Å². The van der Waals surface area contributed by atoms with E-state index in [4.69, 9.17) is 50.3 Å². The van der Waals surface area contributed by atoms with Gasteiger partial charge >= 0.3 is 48.2 Å². The van der Waals surface area contributed by atoms with Crippen molar-refractivity contribution in [3.05, 3.63) is 143 Å². The van der Waals surface area contributed by atoms with Crippen molar-refractivity contribution in [3.8, 4) is 0 Å². The van der Waals surface area contributed by atoms with Crippen LogP contribution in [0.5, 0.6) is 0 Å². The van der Waals surface area contributed by atoms with Gasteiger partial charge in [-0.05, 0) is 125 Å². The monoisotopic (exact) mass is 1190 g/mol. The first-order chi connectivity index (χ1) is 38.2. The van der Waals surface area contributed by atoms with E-state index in [1.165, 1.54) is 24.3 Å². The minimum atomic E-state index is -4.37. The molecule has 10 N–H and O–H groups in total. The van der Waals surface area contributed by atoms with Crippen molar-refractivity contribution in [1.29, 1.82) is 0 Å². The number of aliphatic hydroxyl groups is 2. The van der Waals surface area contributed by atoms with Gasteiger partial charge < -0.3 is 65.6 Å². The summed E-state index contributed by atoms with van der Waals surface area (Å²) in [4.78, 5) is 65.7. The number of rotatable bonds is 30. The molecule has 0 aliphatic rings. The van der Waals surface area contributed by atoms with Crippen LogP contribution in [0.15, 0.2) is 109 Å². The normalized spacial score (nSPS) is 13.0. The van der Waals surface area contributed by atoms with Crippen molar-refractivity contribution >= 4 is 35.8 Å². The van der Waals surface area contributed by atoms with Crippen molar-refractivity contribution in [1.82, 2.24) is 9.80 Å². The van der Waals surface area contributed by atoms with Crippen LogP contribution in [0.25, 0.3) is 0 Å². The highest BCUT2D eigenvalue weighted by Gasteiger charge is 2.42. The van der Waals surface area contributed by atoms with Crippen LogP contribution in [-0.2, 0) is 50.6 Å². The fourth-order valence-electron chi connectivity index (χ4n) is 8.02. The molecule has 0 heterocycles. The molecule has 0 spiro atoms. The molecule has 83 heavy (non-hydrogen) atoms. The van der Waals surface area contributed by atoms with Crippen molar-refractivity contribution < 1.29 is 111 Å². The quantitative estimate of drug-likeness (QED) is 0.0225. The number of carboxylic acid groups (broad SMARTS) is 6. The van der Waals surface area contributed by atoms with Crippen LogP contribution in [0.2, 0.25) is 0 Å². The van der Waals surface area contributed by atoms with Gasteiger partial charge in [0.05, 0.1) is 49.0 Å². The summed E-state index contributed by atoms with van der Waals surface area (Å²) in [6.45, 7) is 18.6. The Bertz CT molecular complexity index is 2360. The zero-order chi connectivity index (χ0) is 62.4. The third kappa shape index (κ3) is 29.2. The van der Waals surface area contributed by atoms with Crippen LogP contribution < -0.4 is 0 Å². The van der Waals surface area contributed by atoms with Crippen molar-refractivity contribution in [2.24, 2.45) is 0 Å². The molecule has 0 saturated carbocycles. The molecule has 4 atom stereocenters. The largest absolute Gasteiger partial charge is 0.481 e. The minimum Gasteiger partial charge on any atom is -0.481 e. The maximum absolute atomic E-state index is 13.2. The van der Waals surface area contributed by atoms with Gasteiger partial charge in [-0.1, -0.05) is 113 Å². The van der Waals surface area contributed by atoms with E-state index >= 15 is 0 Å². The van der Waals surface area contributed by atoms with E-state index < -0.39 is 108 Å². The summed E-state index contributed by atoms with van der Waals surface area (Å²) in [7, 11) is 0. The first-order valence-electron chi connectivity index (χ1n) is 26.2. The van der Waals surface area contributed by atoms with Crippen molar-refractivity contribution in [2.75, 3.05) is 39.3 Å². The lowest BCUT2D eigenvalue weighted by molar-refractivity contribution is -0.170. The number of ether oxygens (including phenoxy) is 2. The maximum Gasteiger partial charge on any atom is 0.416 e. The molecule has 0 saturated heterocycles. The summed E-state index contributed by atoms with van der Waals surface area (Å²) < 4.78 is 91.5. The fraction of sp³-hybridized carbons (Fsp3) is 0.483. The Morgan fingerprint density at radius 2 is 0.711 bits per heavy atom. The lowest BCUT2D eigenvalue weighted by Gasteiger charge is -2.25. The Balaban J connectivity index is 0.00000115. The Morgan fingerprint density at radius 1 is 0.446 bits per heavy atom. The smallest absolute Gasteiger partial charge is 0.416 e. The van der Waals surface area contributed by atoms with Gasteiger partial charge in [0.25, 0.3) is 0 Å². The molecule has 0 aliphatic heterocycles. The van der Waals surface area contributed by atoms with E-state index in [-0.39, 0.29) is 17.7 Å². The van der Waals surface area contributed by atoms with Gasteiger partial charge in [-0.3, -0.25) is 19.2 Å². The van der Waals surface area contributed by atoms with Gasteiger partial charge in [0.15, 0.2) is 11.2 Å². The summed E-state index contributed by atoms with van der Waals surface area (Å²) in [5.41, 5.74) is -4.01. The molecule has 4 aromatic rings. The van der Waals surface area contributed by atoms with Crippen LogP contribution in [0, 0.1) is 0 Å². The van der Waals surface area contributed by atoms with Gasteiger partial charge in [0.2, 0.25) is 0 Å². The van der Waals surface area contributed by atoms with Gasteiger partial charge in [0.1, 0.15) is 12.2 Å². The molecule has 25 heteroatoms. The van der Waals surface area contributed by atoms with E-state index in [0.717, 1.165) is 88.2 Å². The second-order valence-electron chi connectivity index (χ2n) is 19.0. The summed E-state index contributed by atoms with van der Waals surface area (Å²) in [6, 6.07) is 29.8. The van der Waals surface area contributed by atoms with E-state index in [2.05, 4.69) is 37.5 Å². The number of nitrogens with zero attached hydrogens (tertiary/aromatic N) is 2. The number of halogens is 6. The highest BCUT2D eigenvalue weighted by molar-refractivity contribution is 5.88. The SMILES string of the molecule is CCN(CC)CCCC(C)OC(c1ccccc1)c1cccc(C(F)(F)F)c1.CCN(CC)CCCC(C)OC(c1ccccc1)c1cccc(C(F)(F)F)c1.O.O=C(O)CC(O)(CC(=O)O)C(=O)O.O=C(O)CC(O)(CC(=O)O)C(=O)O.